The molecular weight excluding hydrogens is 392 g/mol. The topological polar surface area (TPSA) is 128 Å². The van der Waals surface area contributed by atoms with Crippen molar-refractivity contribution in [3.8, 4) is 11.1 Å². The molecule has 8 nitrogen and oxygen atoms in total. The van der Waals surface area contributed by atoms with Crippen LogP contribution in [0.15, 0.2) is 54.6 Å². The van der Waals surface area contributed by atoms with Gasteiger partial charge in [0, 0.05) is 17.8 Å². The maximum Gasteiger partial charge on any atom is 0.319 e. The molecule has 0 atom stereocenters. The highest BCUT2D eigenvalue weighted by Crippen LogP contribution is 2.30. The zero-order chi connectivity index (χ0) is 22.2. The summed E-state index contributed by atoms with van der Waals surface area (Å²) in [5, 5.41) is 5.63. The molecule has 6 N–H and O–H groups in total. The maximum atomic E-state index is 12.0. The number of nitrogen functional groups attached to an aromatic ring is 2. The minimum absolute atomic E-state index is 0.0969. The Labute approximate surface area is 182 Å². The van der Waals surface area contributed by atoms with Gasteiger partial charge in [-0.3, -0.25) is 0 Å². The average Bonchev–Trinajstić information content (AvgIpc) is 2.74. The lowest BCUT2D eigenvalue weighted by Crippen LogP contribution is -2.31. The number of hydrogen-bond acceptors (Lipinski definition) is 6. The van der Waals surface area contributed by atoms with Crippen LogP contribution in [-0.2, 0) is 18.0 Å². The molecule has 31 heavy (non-hydrogen) atoms. The van der Waals surface area contributed by atoms with E-state index in [4.69, 9.17) is 16.2 Å². The number of anilines is 3. The Morgan fingerprint density at radius 2 is 1.71 bits per heavy atom. The van der Waals surface area contributed by atoms with Crippen LogP contribution >= 0.6 is 0 Å². The first-order valence-corrected chi connectivity index (χ1v) is 10.1. The highest BCUT2D eigenvalue weighted by molar-refractivity contribution is 5.89. The van der Waals surface area contributed by atoms with Gasteiger partial charge in [0.15, 0.2) is 0 Å². The Bertz CT molecular complexity index is 1010. The first-order chi connectivity index (χ1) is 14.9. The fourth-order valence-electron chi connectivity index (χ4n) is 3.00. The normalized spacial score (nSPS) is 10.8. The summed E-state index contributed by atoms with van der Waals surface area (Å²) in [6.07, 6.45) is 0. The lowest BCUT2D eigenvalue weighted by Gasteiger charge is -2.14. The van der Waals surface area contributed by atoms with E-state index in [0.29, 0.717) is 36.0 Å². The number of nitrogens with two attached hydrogens (primary N) is 2. The fraction of sp³-hybridized carbons (Fsp3) is 0.261. The first kappa shape index (κ1) is 22.0. The van der Waals surface area contributed by atoms with Crippen LogP contribution in [0, 0.1) is 5.92 Å². The minimum Gasteiger partial charge on any atom is -0.383 e. The third kappa shape index (κ3) is 6.42. The number of carbonyl (C=O) groups excluding carboxylic acids is 1. The van der Waals surface area contributed by atoms with E-state index in [1.165, 1.54) is 0 Å². The van der Waals surface area contributed by atoms with Crippen molar-refractivity contribution >= 4 is 23.5 Å². The van der Waals surface area contributed by atoms with Crippen molar-refractivity contribution in [3.05, 3.63) is 65.9 Å². The number of nitrogens with one attached hydrogen (secondary N) is 2. The quantitative estimate of drug-likeness (QED) is 0.439. The van der Waals surface area contributed by atoms with Gasteiger partial charge in [-0.1, -0.05) is 56.3 Å². The number of amides is 2. The molecule has 0 radical (unpaired) electrons. The number of benzene rings is 2. The van der Waals surface area contributed by atoms with E-state index >= 15 is 0 Å². The number of urea groups is 1. The largest absolute Gasteiger partial charge is 0.383 e. The molecule has 8 heteroatoms. The van der Waals surface area contributed by atoms with Gasteiger partial charge >= 0.3 is 6.03 Å². The van der Waals surface area contributed by atoms with Crippen molar-refractivity contribution < 1.29 is 9.53 Å². The predicted molar refractivity (Wildman–Crippen MR) is 123 cm³/mol. The molecule has 0 bridgehead atoms. The molecule has 0 aliphatic carbocycles. The zero-order valence-electron chi connectivity index (χ0n) is 17.8. The molecule has 3 aromatic rings. The summed E-state index contributed by atoms with van der Waals surface area (Å²) in [6, 6.07) is 16.9. The molecule has 1 heterocycles. The molecule has 0 unspecified atom stereocenters. The van der Waals surface area contributed by atoms with Crippen LogP contribution in [0.25, 0.3) is 11.1 Å². The van der Waals surface area contributed by atoms with Gasteiger partial charge < -0.3 is 26.8 Å². The molecule has 0 saturated heterocycles. The van der Waals surface area contributed by atoms with Crippen molar-refractivity contribution in [3.63, 3.8) is 0 Å². The van der Waals surface area contributed by atoms with Crippen molar-refractivity contribution in [2.45, 2.75) is 27.1 Å². The number of aromatic nitrogens is 2. The van der Waals surface area contributed by atoms with Crippen LogP contribution in [0.4, 0.5) is 22.2 Å². The summed E-state index contributed by atoms with van der Waals surface area (Å²) in [4.78, 5) is 20.4. The van der Waals surface area contributed by atoms with Crippen LogP contribution in [0.5, 0.6) is 0 Å². The number of carbonyl (C=O) groups is 1. The number of rotatable bonds is 8. The van der Waals surface area contributed by atoms with E-state index in [0.717, 1.165) is 11.1 Å². The summed E-state index contributed by atoms with van der Waals surface area (Å²) in [6.45, 7) is 5.36. The van der Waals surface area contributed by atoms with Crippen molar-refractivity contribution in [2.75, 3.05) is 23.3 Å². The Kier molecular flexibility index (Phi) is 7.40. The van der Waals surface area contributed by atoms with Crippen LogP contribution in [0.1, 0.15) is 25.1 Å². The van der Waals surface area contributed by atoms with Gasteiger partial charge in [0.1, 0.15) is 5.82 Å². The second-order valence-electron chi connectivity index (χ2n) is 7.57. The van der Waals surface area contributed by atoms with E-state index in [9.17, 15) is 4.79 Å². The van der Waals surface area contributed by atoms with E-state index in [-0.39, 0.29) is 24.4 Å². The molecule has 0 aliphatic heterocycles. The monoisotopic (exact) mass is 420 g/mol. The predicted octanol–water partition coefficient (Wildman–Crippen LogP) is 3.80. The average molecular weight is 421 g/mol. The lowest BCUT2D eigenvalue weighted by atomic mass is 10.0. The van der Waals surface area contributed by atoms with Gasteiger partial charge in [0.25, 0.3) is 0 Å². The Morgan fingerprint density at radius 1 is 1.00 bits per heavy atom. The van der Waals surface area contributed by atoms with E-state index in [2.05, 4.69) is 20.6 Å². The molecule has 2 aromatic carbocycles. The fourth-order valence-corrected chi connectivity index (χ4v) is 3.00. The molecule has 0 saturated carbocycles. The smallest absolute Gasteiger partial charge is 0.319 e. The summed E-state index contributed by atoms with van der Waals surface area (Å²) in [5.41, 5.74) is 15.8. The number of hydrogen-bond donors (Lipinski definition) is 4. The van der Waals surface area contributed by atoms with Crippen molar-refractivity contribution in [2.24, 2.45) is 5.92 Å². The molecule has 0 aliphatic rings. The van der Waals surface area contributed by atoms with Crippen LogP contribution in [0.3, 0.4) is 0 Å². The third-order valence-corrected chi connectivity index (χ3v) is 4.48. The van der Waals surface area contributed by atoms with Crippen molar-refractivity contribution in [1.29, 1.82) is 0 Å². The van der Waals surface area contributed by atoms with E-state index in [1.807, 2.05) is 56.3 Å². The summed E-state index contributed by atoms with van der Waals surface area (Å²) in [5.74, 6) is 0.755. The summed E-state index contributed by atoms with van der Waals surface area (Å²) in [7, 11) is 0. The molecule has 162 valence electrons. The zero-order valence-corrected chi connectivity index (χ0v) is 17.8. The SMILES string of the molecule is CC(C)CNC(=O)Nc1ccc(-c2c(N)nc(N)nc2COCc2ccccc2)cc1. The highest BCUT2D eigenvalue weighted by Gasteiger charge is 2.14. The van der Waals surface area contributed by atoms with Gasteiger partial charge in [0.05, 0.1) is 18.9 Å². The summed E-state index contributed by atoms with van der Waals surface area (Å²) >= 11 is 0. The molecule has 0 spiro atoms. The minimum atomic E-state index is -0.244. The second kappa shape index (κ2) is 10.4. The lowest BCUT2D eigenvalue weighted by molar-refractivity contribution is 0.105. The second-order valence-corrected chi connectivity index (χ2v) is 7.57. The van der Waals surface area contributed by atoms with Crippen LogP contribution < -0.4 is 22.1 Å². The van der Waals surface area contributed by atoms with Crippen LogP contribution in [-0.4, -0.2) is 22.5 Å². The molecule has 1 aromatic heterocycles. The van der Waals surface area contributed by atoms with Gasteiger partial charge in [-0.15, -0.1) is 0 Å². The highest BCUT2D eigenvalue weighted by atomic mass is 16.5. The van der Waals surface area contributed by atoms with Gasteiger partial charge in [0.2, 0.25) is 5.95 Å². The number of ether oxygens (including phenoxy) is 1. The Balaban J connectivity index is 1.73. The third-order valence-electron chi connectivity index (χ3n) is 4.48. The van der Waals surface area contributed by atoms with Gasteiger partial charge in [-0.2, -0.15) is 4.98 Å². The van der Waals surface area contributed by atoms with Gasteiger partial charge in [-0.05, 0) is 29.2 Å². The van der Waals surface area contributed by atoms with Crippen LogP contribution in [0.2, 0.25) is 0 Å². The van der Waals surface area contributed by atoms with Gasteiger partial charge in [-0.25, -0.2) is 9.78 Å². The van der Waals surface area contributed by atoms with Crippen molar-refractivity contribution in [1.82, 2.24) is 15.3 Å². The Hall–Kier alpha value is -3.65. The Morgan fingerprint density at radius 3 is 2.39 bits per heavy atom. The molecule has 2 amide bonds. The van der Waals surface area contributed by atoms with E-state index in [1.54, 1.807) is 12.1 Å². The first-order valence-electron chi connectivity index (χ1n) is 10.1. The number of nitrogens with zero attached hydrogens (tertiary/aromatic N) is 2. The summed E-state index contributed by atoms with van der Waals surface area (Å²) < 4.78 is 5.83. The molecule has 3 rings (SSSR count). The molecule has 0 fully saturated rings. The maximum absolute atomic E-state index is 12.0. The van der Waals surface area contributed by atoms with E-state index < -0.39 is 0 Å². The molecular formula is C23H28N6O2. The standard InChI is InChI=1S/C23H28N6O2/c1-15(2)12-26-23(30)27-18-10-8-17(9-11-18)20-19(28-22(25)29-21(20)24)14-31-13-16-6-4-3-5-7-16/h3-11,15H,12-14H2,1-2H3,(H2,26,27,30)(H4,24,25,28,29).